The van der Waals surface area contributed by atoms with Gasteiger partial charge in [0.15, 0.2) is 5.69 Å². The Balaban J connectivity index is 1.83. The lowest BCUT2D eigenvalue weighted by atomic mass is 10.1. The largest absolute Gasteiger partial charge is 0.494 e. The summed E-state index contributed by atoms with van der Waals surface area (Å²) in [6, 6.07) is 23.1. The van der Waals surface area contributed by atoms with Gasteiger partial charge in [-0.05, 0) is 50.2 Å². The Labute approximate surface area is 218 Å². The van der Waals surface area contributed by atoms with Gasteiger partial charge in [0.05, 0.1) is 18.0 Å². The summed E-state index contributed by atoms with van der Waals surface area (Å²) in [5, 5.41) is 18.1. The molecule has 0 aliphatic rings. The van der Waals surface area contributed by atoms with Crippen molar-refractivity contribution in [2.24, 2.45) is 10.2 Å². The first-order chi connectivity index (χ1) is 18.3. The molecule has 0 aliphatic carbocycles. The third-order valence-electron chi connectivity index (χ3n) is 5.52. The number of ether oxygens (including phenoxy) is 1. The van der Waals surface area contributed by atoms with Crippen molar-refractivity contribution in [3.63, 3.8) is 0 Å². The fourth-order valence-corrected chi connectivity index (χ4v) is 5.40. The van der Waals surface area contributed by atoms with E-state index in [1.54, 1.807) is 79.7 Å². The number of aromatic nitrogens is 1. The number of H-pyrrole nitrogens is 1. The van der Waals surface area contributed by atoms with Crippen molar-refractivity contribution < 1.29 is 23.1 Å². The number of nitrogens with zero attached hydrogens (tertiary/aromatic N) is 3. The van der Waals surface area contributed by atoms with Crippen molar-refractivity contribution >= 4 is 38.7 Å². The van der Waals surface area contributed by atoms with E-state index in [4.69, 9.17) is 4.74 Å². The summed E-state index contributed by atoms with van der Waals surface area (Å²) in [4.78, 5) is 26.8. The third kappa shape index (κ3) is 5.18. The second kappa shape index (κ2) is 11.1. The van der Waals surface area contributed by atoms with E-state index in [0.717, 1.165) is 0 Å². The van der Waals surface area contributed by atoms with Crippen LogP contribution in [0.1, 0.15) is 22.8 Å². The Morgan fingerprint density at radius 2 is 1.47 bits per heavy atom. The maximum Gasteiger partial charge on any atom is 0.343 e. The van der Waals surface area contributed by atoms with Gasteiger partial charge in [-0.15, -0.1) is 10.2 Å². The van der Waals surface area contributed by atoms with E-state index < -0.39 is 27.4 Å². The predicted octanol–water partition coefficient (Wildman–Crippen LogP) is 5.51. The lowest BCUT2D eigenvalue weighted by molar-refractivity contribution is 0.0521. The quantitative estimate of drug-likeness (QED) is 0.226. The number of hydrogen-bond acceptors (Lipinski definition) is 8. The molecule has 3 aromatic carbocycles. The number of anilines is 2. The van der Waals surface area contributed by atoms with Crippen LogP contribution in [-0.4, -0.2) is 31.1 Å². The van der Waals surface area contributed by atoms with Crippen LogP contribution < -0.4 is 9.86 Å². The number of rotatable bonds is 8. The van der Waals surface area contributed by atoms with Crippen LogP contribution in [0.3, 0.4) is 0 Å². The maximum atomic E-state index is 14.0. The number of hydrogen-bond donors (Lipinski definition) is 2. The van der Waals surface area contributed by atoms with Crippen LogP contribution in [0.25, 0.3) is 0 Å². The van der Waals surface area contributed by atoms with Crippen LogP contribution in [0.15, 0.2) is 105 Å². The number of benzene rings is 3. The van der Waals surface area contributed by atoms with Crippen molar-refractivity contribution in [2.45, 2.75) is 18.7 Å². The molecule has 2 N–H and O–H groups in total. The van der Waals surface area contributed by atoms with Gasteiger partial charge in [-0.25, -0.2) is 17.5 Å². The van der Waals surface area contributed by atoms with Gasteiger partial charge in [0.25, 0.3) is 15.6 Å². The molecule has 0 atom stereocenters. The summed E-state index contributed by atoms with van der Waals surface area (Å²) < 4.78 is 34.2. The number of esters is 1. The maximum absolute atomic E-state index is 14.0. The molecule has 38 heavy (non-hydrogen) atoms. The molecule has 4 aromatic rings. The summed E-state index contributed by atoms with van der Waals surface area (Å²) in [7, 11) is -4.22. The second-order valence-electron chi connectivity index (χ2n) is 7.98. The highest BCUT2D eigenvalue weighted by molar-refractivity contribution is 7.93. The van der Waals surface area contributed by atoms with Gasteiger partial charge in [-0.1, -0.05) is 48.5 Å². The summed E-state index contributed by atoms with van der Waals surface area (Å²) >= 11 is 0. The Morgan fingerprint density at radius 1 is 0.921 bits per heavy atom. The molecule has 0 saturated carbocycles. The van der Waals surface area contributed by atoms with Gasteiger partial charge in [-0.3, -0.25) is 9.78 Å². The molecular weight excluding hydrogens is 508 g/mol. The number of sulfonamides is 1. The molecule has 1 aromatic heterocycles. The molecular formula is C27H24N4O6S. The monoisotopic (exact) mass is 532 g/mol. The summed E-state index contributed by atoms with van der Waals surface area (Å²) in [5.41, 5.74) is -0.530. The molecule has 1 heterocycles. The summed E-state index contributed by atoms with van der Waals surface area (Å²) in [6.45, 7) is 3.06. The standard InChI is InChI=1S/C27H24N4O6S/c1-3-37-27(34)23-18(2)24(26(33)28-25(23)32)30-29-21-16-10-11-17-22(21)38(35,36)31(19-12-6-4-7-13-19)20-14-8-5-9-15-20/h4-17H,3H2,1-2H3,(H2,28,32,33). The van der Waals surface area contributed by atoms with Crippen LogP contribution >= 0.6 is 0 Å². The molecule has 0 radical (unpaired) electrons. The molecule has 0 aliphatic heterocycles. The van der Waals surface area contributed by atoms with Crippen LogP contribution in [0.2, 0.25) is 0 Å². The number of aromatic hydroxyl groups is 1. The van der Waals surface area contributed by atoms with Crippen LogP contribution in [-0.2, 0) is 14.8 Å². The zero-order valence-corrected chi connectivity index (χ0v) is 21.3. The number of azo groups is 1. The van der Waals surface area contributed by atoms with Crippen molar-refractivity contribution in [3.05, 3.63) is 106 Å². The third-order valence-corrected chi connectivity index (χ3v) is 7.32. The molecule has 10 nitrogen and oxygen atoms in total. The molecule has 4 rings (SSSR count). The van der Waals surface area contributed by atoms with Crippen molar-refractivity contribution in [2.75, 3.05) is 10.9 Å². The van der Waals surface area contributed by atoms with Gasteiger partial charge >= 0.3 is 5.97 Å². The Kier molecular flexibility index (Phi) is 7.68. The minimum Gasteiger partial charge on any atom is -0.494 e. The van der Waals surface area contributed by atoms with Gasteiger partial charge in [-0.2, -0.15) is 0 Å². The SMILES string of the molecule is CCOC(=O)c1c(O)[nH]c(=O)c(N=Nc2ccccc2S(=O)(=O)N(c2ccccc2)c2ccccc2)c1C. The highest BCUT2D eigenvalue weighted by atomic mass is 32.2. The zero-order valence-electron chi connectivity index (χ0n) is 20.5. The zero-order chi connectivity index (χ0) is 27.3. The lowest BCUT2D eigenvalue weighted by Gasteiger charge is -2.25. The van der Waals surface area contributed by atoms with Gasteiger partial charge in [0.1, 0.15) is 16.1 Å². The second-order valence-corrected chi connectivity index (χ2v) is 9.74. The fourth-order valence-electron chi connectivity index (χ4n) is 3.78. The topological polar surface area (TPSA) is 141 Å². The minimum atomic E-state index is -4.22. The van der Waals surface area contributed by atoms with E-state index in [2.05, 4.69) is 15.2 Å². The highest BCUT2D eigenvalue weighted by Gasteiger charge is 2.29. The number of pyridine rings is 1. The number of aromatic amines is 1. The van der Waals surface area contributed by atoms with E-state index >= 15 is 0 Å². The number of para-hydroxylation sites is 2. The van der Waals surface area contributed by atoms with Crippen LogP contribution in [0.4, 0.5) is 22.7 Å². The highest BCUT2D eigenvalue weighted by Crippen LogP contribution is 2.36. The molecule has 0 fully saturated rings. The van der Waals surface area contributed by atoms with Crippen molar-refractivity contribution in [3.8, 4) is 5.88 Å². The van der Waals surface area contributed by atoms with E-state index in [-0.39, 0.29) is 34.0 Å². The molecule has 0 spiro atoms. The molecule has 11 heteroatoms. The number of carbonyl (C=O) groups excluding carboxylic acids is 1. The Bertz CT molecular complexity index is 1610. The molecule has 0 amide bonds. The summed E-state index contributed by atoms with van der Waals surface area (Å²) in [5.74, 6) is -1.51. The Hall–Kier alpha value is -4.77. The van der Waals surface area contributed by atoms with Gasteiger partial charge in [0.2, 0.25) is 5.88 Å². The predicted molar refractivity (Wildman–Crippen MR) is 142 cm³/mol. The van der Waals surface area contributed by atoms with Gasteiger partial charge < -0.3 is 9.84 Å². The number of carbonyl (C=O) groups is 1. The van der Waals surface area contributed by atoms with Crippen molar-refractivity contribution in [1.29, 1.82) is 0 Å². The minimum absolute atomic E-state index is 0.0315. The molecule has 194 valence electrons. The first-order valence-electron chi connectivity index (χ1n) is 11.5. The van der Waals surface area contributed by atoms with Crippen LogP contribution in [0, 0.1) is 6.92 Å². The fraction of sp³-hybridized carbons (Fsp3) is 0.111. The molecule has 0 unspecified atom stereocenters. The smallest absolute Gasteiger partial charge is 0.343 e. The normalized spacial score (nSPS) is 11.4. The molecule has 0 saturated heterocycles. The summed E-state index contributed by atoms with van der Waals surface area (Å²) in [6.07, 6.45) is 0. The van der Waals surface area contributed by atoms with Crippen molar-refractivity contribution in [1.82, 2.24) is 4.98 Å². The van der Waals surface area contributed by atoms with E-state index in [9.17, 15) is 23.1 Å². The van der Waals surface area contributed by atoms with E-state index in [1.165, 1.54) is 23.4 Å². The van der Waals surface area contributed by atoms with E-state index in [1.807, 2.05) is 0 Å². The van der Waals surface area contributed by atoms with E-state index in [0.29, 0.717) is 11.4 Å². The van der Waals surface area contributed by atoms with Gasteiger partial charge in [0, 0.05) is 5.56 Å². The average Bonchev–Trinajstić information content (AvgIpc) is 2.90. The first kappa shape index (κ1) is 26.3. The number of nitrogens with one attached hydrogen (secondary N) is 1. The molecule has 0 bridgehead atoms. The lowest BCUT2D eigenvalue weighted by Crippen LogP contribution is -2.26. The Morgan fingerprint density at radius 3 is 2.05 bits per heavy atom. The van der Waals surface area contributed by atoms with Crippen LogP contribution in [0.5, 0.6) is 5.88 Å². The first-order valence-corrected chi connectivity index (χ1v) is 13.0. The average molecular weight is 533 g/mol.